The van der Waals surface area contributed by atoms with E-state index in [2.05, 4.69) is 24.1 Å². The summed E-state index contributed by atoms with van der Waals surface area (Å²) in [6.45, 7) is 9.14. The molecule has 0 saturated carbocycles. The van der Waals surface area contributed by atoms with Crippen LogP contribution in [0.5, 0.6) is 0 Å². The van der Waals surface area contributed by atoms with Gasteiger partial charge in [-0.25, -0.2) is 4.98 Å². The van der Waals surface area contributed by atoms with Crippen molar-refractivity contribution in [2.75, 3.05) is 18.1 Å². The molecule has 0 unspecified atom stereocenters. The predicted molar refractivity (Wildman–Crippen MR) is 140 cm³/mol. The van der Waals surface area contributed by atoms with Gasteiger partial charge in [-0.1, -0.05) is 56.3 Å². The Hall–Kier alpha value is -3.03. The lowest BCUT2D eigenvalue weighted by Gasteiger charge is -2.32. The standard InChI is InChI=1S/C28H33N3O3S/c1-18(2)21-12-14-23(15-13-21)31(28(33)26-19(3)30-20(4)35-26)25(22-9-6-5-7-10-22)27(32)29-17-24-11-8-16-34-24/h5-7,9-10,12-15,18,24-25H,8,11,16-17H2,1-4H3,(H,29,32)/t24-,25-/m1/s1. The van der Waals surface area contributed by atoms with Gasteiger partial charge in [-0.15, -0.1) is 11.3 Å². The Labute approximate surface area is 211 Å². The van der Waals surface area contributed by atoms with Gasteiger partial charge in [0.1, 0.15) is 10.9 Å². The molecule has 35 heavy (non-hydrogen) atoms. The molecule has 1 saturated heterocycles. The van der Waals surface area contributed by atoms with E-state index >= 15 is 0 Å². The van der Waals surface area contributed by atoms with Crippen molar-refractivity contribution in [3.63, 3.8) is 0 Å². The summed E-state index contributed by atoms with van der Waals surface area (Å²) in [6, 6.07) is 16.6. The van der Waals surface area contributed by atoms with Gasteiger partial charge in [-0.05, 0) is 55.9 Å². The molecule has 0 radical (unpaired) electrons. The van der Waals surface area contributed by atoms with Crippen molar-refractivity contribution in [3.05, 3.63) is 81.3 Å². The van der Waals surface area contributed by atoms with Crippen molar-refractivity contribution in [3.8, 4) is 0 Å². The molecule has 6 nitrogen and oxygen atoms in total. The summed E-state index contributed by atoms with van der Waals surface area (Å²) in [5.74, 6) is -0.0994. The Balaban J connectivity index is 1.77. The first-order valence-corrected chi connectivity index (χ1v) is 13.0. The molecule has 2 atom stereocenters. The first-order valence-electron chi connectivity index (χ1n) is 12.2. The smallest absolute Gasteiger partial charge is 0.271 e. The molecule has 184 valence electrons. The molecule has 1 N–H and O–H groups in total. The minimum atomic E-state index is -0.836. The zero-order valence-corrected chi connectivity index (χ0v) is 21.6. The number of nitrogens with zero attached hydrogens (tertiary/aromatic N) is 2. The van der Waals surface area contributed by atoms with Gasteiger partial charge >= 0.3 is 0 Å². The van der Waals surface area contributed by atoms with Crippen LogP contribution < -0.4 is 10.2 Å². The molecule has 7 heteroatoms. The van der Waals surface area contributed by atoms with Gasteiger partial charge in [-0.3, -0.25) is 14.5 Å². The zero-order chi connectivity index (χ0) is 24.9. The average molecular weight is 492 g/mol. The number of thiazole rings is 1. The summed E-state index contributed by atoms with van der Waals surface area (Å²) < 4.78 is 5.70. The van der Waals surface area contributed by atoms with E-state index in [1.165, 1.54) is 16.9 Å². The van der Waals surface area contributed by atoms with E-state index in [-0.39, 0.29) is 17.9 Å². The van der Waals surface area contributed by atoms with Crippen LogP contribution in [0.1, 0.15) is 70.1 Å². The molecule has 1 aromatic heterocycles. The minimum absolute atomic E-state index is 0.0104. The summed E-state index contributed by atoms with van der Waals surface area (Å²) in [6.07, 6.45) is 1.94. The second-order valence-electron chi connectivity index (χ2n) is 9.26. The second-order valence-corrected chi connectivity index (χ2v) is 10.5. The van der Waals surface area contributed by atoms with Crippen LogP contribution in [0.25, 0.3) is 0 Å². The summed E-state index contributed by atoms with van der Waals surface area (Å²) >= 11 is 1.36. The van der Waals surface area contributed by atoms with E-state index in [1.54, 1.807) is 4.90 Å². The predicted octanol–water partition coefficient (Wildman–Crippen LogP) is 5.57. The van der Waals surface area contributed by atoms with Gasteiger partial charge < -0.3 is 10.1 Å². The van der Waals surface area contributed by atoms with Crippen molar-refractivity contribution >= 4 is 28.8 Å². The van der Waals surface area contributed by atoms with Crippen LogP contribution in [0.15, 0.2) is 54.6 Å². The topological polar surface area (TPSA) is 71.5 Å². The van der Waals surface area contributed by atoms with Crippen LogP contribution in [0.2, 0.25) is 0 Å². The lowest BCUT2D eigenvalue weighted by atomic mass is 10.00. The maximum absolute atomic E-state index is 14.1. The fourth-order valence-corrected chi connectivity index (χ4v) is 5.27. The summed E-state index contributed by atoms with van der Waals surface area (Å²) in [5.41, 5.74) is 3.27. The third-order valence-corrected chi connectivity index (χ3v) is 7.37. The number of rotatable bonds is 8. The van der Waals surface area contributed by atoms with Crippen LogP contribution in [0.4, 0.5) is 5.69 Å². The lowest BCUT2D eigenvalue weighted by molar-refractivity contribution is -0.123. The van der Waals surface area contributed by atoms with E-state index in [0.29, 0.717) is 28.7 Å². The van der Waals surface area contributed by atoms with Gasteiger partial charge in [-0.2, -0.15) is 0 Å². The van der Waals surface area contributed by atoms with Crippen LogP contribution in [0, 0.1) is 13.8 Å². The van der Waals surface area contributed by atoms with E-state index in [9.17, 15) is 9.59 Å². The number of amides is 2. The second kappa shape index (κ2) is 11.1. The highest BCUT2D eigenvalue weighted by Crippen LogP contribution is 2.33. The number of anilines is 1. The lowest BCUT2D eigenvalue weighted by Crippen LogP contribution is -2.45. The van der Waals surface area contributed by atoms with E-state index < -0.39 is 6.04 Å². The minimum Gasteiger partial charge on any atom is -0.376 e. The molecule has 1 aliphatic rings. The van der Waals surface area contributed by atoms with E-state index in [0.717, 1.165) is 30.0 Å². The average Bonchev–Trinajstić information content (AvgIpc) is 3.50. The third kappa shape index (κ3) is 5.80. The number of ether oxygens (including phenoxy) is 1. The Morgan fingerprint density at radius 3 is 2.37 bits per heavy atom. The molecule has 2 heterocycles. The molecule has 0 spiro atoms. The van der Waals surface area contributed by atoms with Gasteiger partial charge in [0.15, 0.2) is 0 Å². The fourth-order valence-electron chi connectivity index (χ4n) is 4.41. The number of aryl methyl sites for hydroxylation is 2. The number of carbonyl (C=O) groups is 2. The number of benzene rings is 2. The summed E-state index contributed by atoms with van der Waals surface area (Å²) in [7, 11) is 0. The Kier molecular flexibility index (Phi) is 7.98. The highest BCUT2D eigenvalue weighted by atomic mass is 32.1. The Bertz CT molecular complexity index is 1150. The molecule has 0 aliphatic carbocycles. The summed E-state index contributed by atoms with van der Waals surface area (Å²) in [5, 5.41) is 3.88. The normalized spacial score (nSPS) is 16.3. The largest absolute Gasteiger partial charge is 0.376 e. The Morgan fingerprint density at radius 2 is 1.80 bits per heavy atom. The number of carbonyl (C=O) groups excluding carboxylic acids is 2. The van der Waals surface area contributed by atoms with Crippen molar-refractivity contribution in [1.29, 1.82) is 0 Å². The first-order chi connectivity index (χ1) is 16.8. The van der Waals surface area contributed by atoms with Crippen LogP contribution in [-0.4, -0.2) is 36.1 Å². The highest BCUT2D eigenvalue weighted by Gasteiger charge is 2.35. The van der Waals surface area contributed by atoms with Gasteiger partial charge in [0, 0.05) is 18.8 Å². The maximum Gasteiger partial charge on any atom is 0.271 e. The molecule has 1 fully saturated rings. The molecule has 2 amide bonds. The maximum atomic E-state index is 14.1. The highest BCUT2D eigenvalue weighted by molar-refractivity contribution is 7.13. The monoisotopic (exact) mass is 491 g/mol. The number of nitrogens with one attached hydrogen (secondary N) is 1. The van der Waals surface area contributed by atoms with Crippen LogP contribution in [0.3, 0.4) is 0 Å². The molecule has 4 rings (SSSR count). The van der Waals surface area contributed by atoms with Gasteiger partial charge in [0.2, 0.25) is 5.91 Å². The molecule has 2 aromatic carbocycles. The molecule has 3 aromatic rings. The summed E-state index contributed by atoms with van der Waals surface area (Å²) in [4.78, 5) is 34.4. The van der Waals surface area contributed by atoms with E-state index in [4.69, 9.17) is 4.74 Å². The fraction of sp³-hybridized carbons (Fsp3) is 0.393. The zero-order valence-electron chi connectivity index (χ0n) is 20.8. The number of hydrogen-bond donors (Lipinski definition) is 1. The van der Waals surface area contributed by atoms with Crippen molar-refractivity contribution in [1.82, 2.24) is 10.3 Å². The molecular formula is C28H33N3O3S. The van der Waals surface area contributed by atoms with E-state index in [1.807, 2.05) is 68.4 Å². The SMILES string of the molecule is Cc1nc(C)c(C(=O)N(c2ccc(C(C)C)cc2)[C@@H](C(=O)NC[C@H]2CCCO2)c2ccccc2)s1. The van der Waals surface area contributed by atoms with Gasteiger partial charge in [0.05, 0.1) is 16.8 Å². The quantitative estimate of drug-likeness (QED) is 0.447. The molecule has 1 aliphatic heterocycles. The number of hydrogen-bond acceptors (Lipinski definition) is 5. The first kappa shape index (κ1) is 25.1. The van der Waals surface area contributed by atoms with Crippen molar-refractivity contribution in [2.45, 2.75) is 58.6 Å². The van der Waals surface area contributed by atoms with Gasteiger partial charge in [0.25, 0.3) is 5.91 Å². The Morgan fingerprint density at radius 1 is 1.09 bits per heavy atom. The number of aromatic nitrogens is 1. The molecular weight excluding hydrogens is 458 g/mol. The third-order valence-electron chi connectivity index (χ3n) is 6.30. The van der Waals surface area contributed by atoms with Crippen LogP contribution >= 0.6 is 11.3 Å². The molecule has 0 bridgehead atoms. The van der Waals surface area contributed by atoms with Crippen LogP contribution in [-0.2, 0) is 9.53 Å². The van der Waals surface area contributed by atoms with Crippen molar-refractivity contribution in [2.24, 2.45) is 0 Å². The van der Waals surface area contributed by atoms with Crippen molar-refractivity contribution < 1.29 is 14.3 Å².